The maximum Gasteiger partial charge on any atom is 0.0995 e. The number of nitrogens with zero attached hydrogens (tertiary/aromatic N) is 3. The van der Waals surface area contributed by atoms with Gasteiger partial charge in [-0.2, -0.15) is 0 Å². The van der Waals surface area contributed by atoms with E-state index in [1.165, 1.54) is 0 Å². The molecule has 0 amide bonds. The number of rotatable bonds is 2. The highest BCUT2D eigenvalue weighted by atomic mass is 15.0. The Morgan fingerprint density at radius 2 is 2.13 bits per heavy atom. The average molecular weight is 202 g/mol. The summed E-state index contributed by atoms with van der Waals surface area (Å²) in [5, 5.41) is 0. The Morgan fingerprint density at radius 3 is 2.73 bits per heavy atom. The molecule has 0 atom stereocenters. The Labute approximate surface area is 88.8 Å². The summed E-state index contributed by atoms with van der Waals surface area (Å²) in [6, 6.07) is 1.87. The molecule has 0 saturated carbocycles. The van der Waals surface area contributed by atoms with E-state index in [1.54, 1.807) is 18.7 Å². The zero-order valence-corrected chi connectivity index (χ0v) is 8.88. The molecule has 2 N–H and O–H groups in total. The number of pyridine rings is 1. The predicted octanol–water partition coefficient (Wildman–Crippen LogP) is 1.97. The molecule has 2 aromatic heterocycles. The van der Waals surface area contributed by atoms with Crippen LogP contribution in [0.5, 0.6) is 0 Å². The van der Waals surface area contributed by atoms with Crippen LogP contribution in [0, 0.1) is 0 Å². The topological polar surface area (TPSA) is 56.7 Å². The molecule has 0 radical (unpaired) electrons. The fourth-order valence-electron chi connectivity index (χ4n) is 1.36. The Balaban J connectivity index is 2.37. The smallest absolute Gasteiger partial charge is 0.0995 e. The Hall–Kier alpha value is -1.84. The molecule has 0 aliphatic rings. The maximum atomic E-state index is 5.67. The fraction of sp³-hybridized carbons (Fsp3) is 0.273. The van der Waals surface area contributed by atoms with E-state index in [-0.39, 0.29) is 0 Å². The zero-order valence-electron chi connectivity index (χ0n) is 8.88. The van der Waals surface area contributed by atoms with Crippen LogP contribution >= 0.6 is 0 Å². The maximum absolute atomic E-state index is 5.67. The molecule has 2 heterocycles. The van der Waals surface area contributed by atoms with Gasteiger partial charge in [-0.3, -0.25) is 4.98 Å². The van der Waals surface area contributed by atoms with Crippen LogP contribution in [0.15, 0.2) is 31.0 Å². The van der Waals surface area contributed by atoms with Crippen molar-refractivity contribution in [3.05, 3.63) is 36.7 Å². The minimum absolute atomic E-state index is 0.431. The van der Waals surface area contributed by atoms with E-state index in [0.29, 0.717) is 11.6 Å². The molecule has 0 aromatic carbocycles. The lowest BCUT2D eigenvalue weighted by Gasteiger charge is -2.02. The van der Waals surface area contributed by atoms with E-state index < -0.39 is 0 Å². The number of hydrogen-bond donors (Lipinski definition) is 1. The van der Waals surface area contributed by atoms with Crippen LogP contribution in [0.3, 0.4) is 0 Å². The van der Waals surface area contributed by atoms with E-state index in [2.05, 4.69) is 23.8 Å². The number of aromatic nitrogens is 3. The second kappa shape index (κ2) is 3.73. The Kier molecular flexibility index (Phi) is 2.41. The lowest BCUT2D eigenvalue weighted by atomic mass is 10.2. The molecular weight excluding hydrogens is 188 g/mol. The molecule has 15 heavy (non-hydrogen) atoms. The molecule has 0 spiro atoms. The molecule has 0 bridgehead atoms. The van der Waals surface area contributed by atoms with Crippen LogP contribution in [0.1, 0.15) is 25.5 Å². The monoisotopic (exact) mass is 202 g/mol. The van der Waals surface area contributed by atoms with E-state index in [9.17, 15) is 0 Å². The van der Waals surface area contributed by atoms with Crippen molar-refractivity contribution in [3.8, 4) is 5.69 Å². The number of anilines is 1. The summed E-state index contributed by atoms with van der Waals surface area (Å²) in [4.78, 5) is 8.36. The highest BCUT2D eigenvalue weighted by molar-refractivity contribution is 5.44. The molecule has 2 aromatic rings. The van der Waals surface area contributed by atoms with Crippen molar-refractivity contribution in [1.29, 1.82) is 0 Å². The van der Waals surface area contributed by atoms with Gasteiger partial charge in [0.05, 0.1) is 29.6 Å². The molecule has 0 aliphatic heterocycles. The first kappa shape index (κ1) is 9.71. The fourth-order valence-corrected chi connectivity index (χ4v) is 1.36. The van der Waals surface area contributed by atoms with Crippen molar-refractivity contribution in [1.82, 2.24) is 14.5 Å². The van der Waals surface area contributed by atoms with Gasteiger partial charge in [0.15, 0.2) is 0 Å². The first-order chi connectivity index (χ1) is 7.16. The first-order valence-corrected chi connectivity index (χ1v) is 4.91. The third-order valence-corrected chi connectivity index (χ3v) is 2.24. The van der Waals surface area contributed by atoms with Gasteiger partial charge in [-0.05, 0) is 12.0 Å². The van der Waals surface area contributed by atoms with Crippen LogP contribution in [0.2, 0.25) is 0 Å². The lowest BCUT2D eigenvalue weighted by molar-refractivity contribution is 0.831. The zero-order chi connectivity index (χ0) is 10.8. The van der Waals surface area contributed by atoms with Crippen molar-refractivity contribution in [3.63, 3.8) is 0 Å². The second-order valence-corrected chi connectivity index (χ2v) is 3.84. The summed E-state index contributed by atoms with van der Waals surface area (Å²) in [6.45, 7) is 4.23. The van der Waals surface area contributed by atoms with Gasteiger partial charge in [-0.25, -0.2) is 4.98 Å². The Morgan fingerprint density at radius 1 is 1.33 bits per heavy atom. The van der Waals surface area contributed by atoms with Gasteiger partial charge in [0.2, 0.25) is 0 Å². The third kappa shape index (κ3) is 1.98. The van der Waals surface area contributed by atoms with E-state index in [1.807, 2.05) is 16.8 Å². The number of nitrogens with two attached hydrogens (primary N) is 1. The number of imidazole rings is 1. The summed E-state index contributed by atoms with van der Waals surface area (Å²) >= 11 is 0. The molecule has 78 valence electrons. The summed E-state index contributed by atoms with van der Waals surface area (Å²) < 4.78 is 1.93. The van der Waals surface area contributed by atoms with Gasteiger partial charge in [-0.15, -0.1) is 0 Å². The van der Waals surface area contributed by atoms with Crippen molar-refractivity contribution in [2.45, 2.75) is 19.8 Å². The quantitative estimate of drug-likeness (QED) is 0.810. The SMILES string of the molecule is CC(C)c1cn(-c2cncc(N)c2)cn1. The van der Waals surface area contributed by atoms with Gasteiger partial charge in [0.1, 0.15) is 0 Å². The highest BCUT2D eigenvalue weighted by Gasteiger charge is 2.04. The minimum Gasteiger partial charge on any atom is -0.397 e. The van der Waals surface area contributed by atoms with Crippen LogP contribution < -0.4 is 5.73 Å². The molecular formula is C11H14N4. The molecule has 2 rings (SSSR count). The van der Waals surface area contributed by atoms with Crippen LogP contribution in [-0.4, -0.2) is 14.5 Å². The molecule has 0 saturated heterocycles. The van der Waals surface area contributed by atoms with Crippen molar-refractivity contribution in [2.24, 2.45) is 0 Å². The second-order valence-electron chi connectivity index (χ2n) is 3.84. The summed E-state index contributed by atoms with van der Waals surface area (Å²) in [5.74, 6) is 0.431. The molecule has 4 heteroatoms. The molecule has 0 aliphatic carbocycles. The van der Waals surface area contributed by atoms with Crippen LogP contribution in [0.25, 0.3) is 5.69 Å². The molecule has 0 unspecified atom stereocenters. The van der Waals surface area contributed by atoms with Gasteiger partial charge in [0.25, 0.3) is 0 Å². The number of nitrogen functional groups attached to an aromatic ring is 1. The lowest BCUT2D eigenvalue weighted by Crippen LogP contribution is -1.94. The summed E-state index contributed by atoms with van der Waals surface area (Å²) in [6.07, 6.45) is 7.18. The summed E-state index contributed by atoms with van der Waals surface area (Å²) in [5.41, 5.74) is 8.33. The number of hydrogen-bond acceptors (Lipinski definition) is 3. The van der Waals surface area contributed by atoms with E-state index >= 15 is 0 Å². The Bertz CT molecular complexity index is 459. The third-order valence-electron chi connectivity index (χ3n) is 2.24. The molecule has 4 nitrogen and oxygen atoms in total. The van der Waals surface area contributed by atoms with Gasteiger partial charge in [-0.1, -0.05) is 13.8 Å². The van der Waals surface area contributed by atoms with Crippen molar-refractivity contribution >= 4 is 5.69 Å². The van der Waals surface area contributed by atoms with Crippen LogP contribution in [-0.2, 0) is 0 Å². The van der Waals surface area contributed by atoms with Gasteiger partial charge < -0.3 is 10.3 Å². The molecule has 0 fully saturated rings. The standard InChI is InChI=1S/C11H14N4/c1-8(2)11-6-15(7-14-11)10-3-9(12)4-13-5-10/h3-8H,12H2,1-2H3. The van der Waals surface area contributed by atoms with Crippen molar-refractivity contribution in [2.75, 3.05) is 5.73 Å². The predicted molar refractivity (Wildman–Crippen MR) is 59.9 cm³/mol. The highest BCUT2D eigenvalue weighted by Crippen LogP contribution is 2.15. The van der Waals surface area contributed by atoms with E-state index in [4.69, 9.17) is 5.73 Å². The van der Waals surface area contributed by atoms with Gasteiger partial charge >= 0.3 is 0 Å². The summed E-state index contributed by atoms with van der Waals surface area (Å²) in [7, 11) is 0. The van der Waals surface area contributed by atoms with E-state index in [0.717, 1.165) is 11.4 Å². The largest absolute Gasteiger partial charge is 0.397 e. The normalized spacial score (nSPS) is 10.9. The van der Waals surface area contributed by atoms with Crippen molar-refractivity contribution < 1.29 is 0 Å². The first-order valence-electron chi connectivity index (χ1n) is 4.91. The van der Waals surface area contributed by atoms with Gasteiger partial charge in [0, 0.05) is 12.4 Å². The average Bonchev–Trinajstić information content (AvgIpc) is 2.66. The minimum atomic E-state index is 0.431. The van der Waals surface area contributed by atoms with Crippen LogP contribution in [0.4, 0.5) is 5.69 Å².